The van der Waals surface area contributed by atoms with Crippen LogP contribution in [0.1, 0.15) is 50.2 Å². The standard InChI is InChI=1S/C14H27N3O/c1-7-13-11(3)16-17(12(13)4)10(2)8-14(5,9-18)15-6/h10,15,18H,7-9H2,1-6H3. The Labute approximate surface area is 110 Å². The first-order valence-electron chi connectivity index (χ1n) is 6.73. The molecule has 104 valence electrons. The Morgan fingerprint density at radius 3 is 2.44 bits per heavy atom. The van der Waals surface area contributed by atoms with Crippen LogP contribution in [0.3, 0.4) is 0 Å². The molecule has 2 N–H and O–H groups in total. The molecule has 1 heterocycles. The highest BCUT2D eigenvalue weighted by molar-refractivity contribution is 5.24. The van der Waals surface area contributed by atoms with Crippen molar-refractivity contribution in [2.75, 3.05) is 13.7 Å². The van der Waals surface area contributed by atoms with Gasteiger partial charge in [-0.15, -0.1) is 0 Å². The second kappa shape index (κ2) is 5.85. The summed E-state index contributed by atoms with van der Waals surface area (Å²) in [6, 6.07) is 0.272. The topological polar surface area (TPSA) is 50.1 Å². The van der Waals surface area contributed by atoms with Gasteiger partial charge in [0, 0.05) is 11.2 Å². The van der Waals surface area contributed by atoms with Crippen LogP contribution in [-0.2, 0) is 6.42 Å². The largest absolute Gasteiger partial charge is 0.394 e. The Kier molecular flexibility index (Phi) is 4.93. The number of nitrogens with zero attached hydrogens (tertiary/aromatic N) is 2. The summed E-state index contributed by atoms with van der Waals surface area (Å²) in [6.07, 6.45) is 1.87. The van der Waals surface area contributed by atoms with Gasteiger partial charge in [0.25, 0.3) is 0 Å². The average molecular weight is 253 g/mol. The monoisotopic (exact) mass is 253 g/mol. The van der Waals surface area contributed by atoms with Crippen molar-refractivity contribution in [2.45, 2.75) is 59.0 Å². The van der Waals surface area contributed by atoms with Crippen LogP contribution in [-0.4, -0.2) is 34.1 Å². The van der Waals surface area contributed by atoms with Crippen LogP contribution in [0.2, 0.25) is 0 Å². The molecule has 0 bridgehead atoms. The summed E-state index contributed by atoms with van der Waals surface area (Å²) in [4.78, 5) is 0. The molecule has 0 amide bonds. The highest BCUT2D eigenvalue weighted by Crippen LogP contribution is 2.24. The second-order valence-corrected chi connectivity index (χ2v) is 5.47. The van der Waals surface area contributed by atoms with Gasteiger partial charge < -0.3 is 10.4 Å². The number of likely N-dealkylation sites (N-methyl/N-ethyl adjacent to an activating group) is 1. The molecular formula is C14H27N3O. The van der Waals surface area contributed by atoms with Crippen LogP contribution >= 0.6 is 0 Å². The first-order chi connectivity index (χ1) is 8.38. The summed E-state index contributed by atoms with van der Waals surface area (Å²) < 4.78 is 2.10. The van der Waals surface area contributed by atoms with Crippen molar-refractivity contribution in [2.24, 2.45) is 0 Å². The van der Waals surface area contributed by atoms with Crippen molar-refractivity contribution in [3.8, 4) is 0 Å². The molecule has 4 heteroatoms. The van der Waals surface area contributed by atoms with Crippen molar-refractivity contribution < 1.29 is 5.11 Å². The molecule has 0 aliphatic rings. The minimum absolute atomic E-state index is 0.133. The number of hydrogen-bond donors (Lipinski definition) is 2. The Bertz CT molecular complexity index is 394. The summed E-state index contributed by atoms with van der Waals surface area (Å²) >= 11 is 0. The van der Waals surface area contributed by atoms with Gasteiger partial charge in [0.05, 0.1) is 18.3 Å². The Morgan fingerprint density at radius 2 is 2.06 bits per heavy atom. The summed E-state index contributed by atoms with van der Waals surface area (Å²) in [7, 11) is 1.89. The molecule has 0 radical (unpaired) electrons. The molecule has 0 saturated carbocycles. The fraction of sp³-hybridized carbons (Fsp3) is 0.786. The number of aromatic nitrogens is 2. The van der Waals surface area contributed by atoms with E-state index in [1.807, 2.05) is 14.0 Å². The van der Waals surface area contributed by atoms with Gasteiger partial charge in [0.1, 0.15) is 0 Å². The second-order valence-electron chi connectivity index (χ2n) is 5.47. The maximum Gasteiger partial charge on any atom is 0.0628 e. The minimum Gasteiger partial charge on any atom is -0.394 e. The van der Waals surface area contributed by atoms with Crippen LogP contribution in [0.25, 0.3) is 0 Å². The number of rotatable bonds is 6. The Hall–Kier alpha value is -0.870. The predicted octanol–water partition coefficient (Wildman–Crippen LogP) is 1.98. The number of nitrogens with one attached hydrogen (secondary N) is 1. The van der Waals surface area contributed by atoms with Gasteiger partial charge in [-0.3, -0.25) is 4.68 Å². The molecule has 2 unspecified atom stereocenters. The SMILES string of the molecule is CCc1c(C)nn(C(C)CC(C)(CO)NC)c1C. The third-order valence-electron chi connectivity index (χ3n) is 3.94. The number of aryl methyl sites for hydroxylation is 1. The van der Waals surface area contributed by atoms with Crippen LogP contribution in [0.15, 0.2) is 0 Å². The summed E-state index contributed by atoms with van der Waals surface area (Å²) in [5.41, 5.74) is 3.46. The van der Waals surface area contributed by atoms with Crippen molar-refractivity contribution in [3.63, 3.8) is 0 Å². The van der Waals surface area contributed by atoms with Crippen LogP contribution < -0.4 is 5.32 Å². The molecule has 0 spiro atoms. The summed E-state index contributed by atoms with van der Waals surface area (Å²) in [6.45, 7) is 10.7. The Morgan fingerprint density at radius 1 is 1.44 bits per heavy atom. The minimum atomic E-state index is -0.252. The third kappa shape index (κ3) is 2.93. The lowest BCUT2D eigenvalue weighted by Crippen LogP contribution is -2.45. The molecule has 0 saturated heterocycles. The quantitative estimate of drug-likeness (QED) is 0.815. The first kappa shape index (κ1) is 15.2. The van der Waals surface area contributed by atoms with E-state index < -0.39 is 0 Å². The van der Waals surface area contributed by atoms with Gasteiger partial charge >= 0.3 is 0 Å². The molecule has 0 fully saturated rings. The normalized spacial score (nSPS) is 16.6. The van der Waals surface area contributed by atoms with E-state index in [-0.39, 0.29) is 18.2 Å². The van der Waals surface area contributed by atoms with Crippen molar-refractivity contribution in [1.29, 1.82) is 0 Å². The first-order valence-corrected chi connectivity index (χ1v) is 6.73. The molecule has 0 aliphatic heterocycles. The molecule has 4 nitrogen and oxygen atoms in total. The highest BCUT2D eigenvalue weighted by atomic mass is 16.3. The van der Waals surface area contributed by atoms with Crippen LogP contribution in [0.4, 0.5) is 0 Å². The van der Waals surface area contributed by atoms with Crippen molar-refractivity contribution >= 4 is 0 Å². The summed E-state index contributed by atoms with van der Waals surface area (Å²) in [5, 5.41) is 17.3. The Balaban J connectivity index is 2.94. The van der Waals surface area contributed by atoms with Gasteiger partial charge in [0.2, 0.25) is 0 Å². The molecule has 1 rings (SSSR count). The van der Waals surface area contributed by atoms with E-state index in [1.165, 1.54) is 11.3 Å². The van der Waals surface area contributed by atoms with E-state index in [9.17, 15) is 5.11 Å². The molecule has 2 atom stereocenters. The van der Waals surface area contributed by atoms with E-state index in [1.54, 1.807) is 0 Å². The van der Waals surface area contributed by atoms with Gasteiger partial charge in [-0.1, -0.05) is 6.92 Å². The zero-order chi connectivity index (χ0) is 13.9. The van der Waals surface area contributed by atoms with Gasteiger partial charge in [-0.2, -0.15) is 5.10 Å². The fourth-order valence-corrected chi connectivity index (χ4v) is 2.62. The molecule has 1 aromatic rings. The van der Waals surface area contributed by atoms with E-state index in [0.29, 0.717) is 0 Å². The molecule has 18 heavy (non-hydrogen) atoms. The molecule has 1 aromatic heterocycles. The van der Waals surface area contributed by atoms with E-state index in [2.05, 4.69) is 42.8 Å². The smallest absolute Gasteiger partial charge is 0.0628 e. The lowest BCUT2D eigenvalue weighted by molar-refractivity contribution is 0.156. The van der Waals surface area contributed by atoms with E-state index >= 15 is 0 Å². The maximum atomic E-state index is 9.46. The van der Waals surface area contributed by atoms with Crippen molar-refractivity contribution in [1.82, 2.24) is 15.1 Å². The molecule has 0 aromatic carbocycles. The third-order valence-corrected chi connectivity index (χ3v) is 3.94. The van der Waals surface area contributed by atoms with Gasteiger partial charge in [0.15, 0.2) is 0 Å². The molecule has 0 aliphatic carbocycles. The van der Waals surface area contributed by atoms with Crippen molar-refractivity contribution in [3.05, 3.63) is 17.0 Å². The van der Waals surface area contributed by atoms with E-state index in [4.69, 9.17) is 0 Å². The van der Waals surface area contributed by atoms with Gasteiger partial charge in [-0.05, 0) is 53.1 Å². The van der Waals surface area contributed by atoms with Crippen LogP contribution in [0.5, 0.6) is 0 Å². The number of hydrogen-bond acceptors (Lipinski definition) is 3. The predicted molar refractivity (Wildman–Crippen MR) is 75.0 cm³/mol. The fourth-order valence-electron chi connectivity index (χ4n) is 2.62. The average Bonchev–Trinajstić information content (AvgIpc) is 2.64. The van der Waals surface area contributed by atoms with Crippen LogP contribution in [0, 0.1) is 13.8 Å². The van der Waals surface area contributed by atoms with E-state index in [0.717, 1.165) is 18.5 Å². The number of aliphatic hydroxyl groups is 1. The summed E-state index contributed by atoms with van der Waals surface area (Å²) in [5.74, 6) is 0. The number of aliphatic hydroxyl groups excluding tert-OH is 1. The van der Waals surface area contributed by atoms with Gasteiger partial charge in [-0.25, -0.2) is 0 Å². The zero-order valence-electron chi connectivity index (χ0n) is 12.5. The lowest BCUT2D eigenvalue weighted by atomic mass is 9.94. The maximum absolute atomic E-state index is 9.46. The highest BCUT2D eigenvalue weighted by Gasteiger charge is 2.26. The zero-order valence-corrected chi connectivity index (χ0v) is 12.5. The molecular weight excluding hydrogens is 226 g/mol. The lowest BCUT2D eigenvalue weighted by Gasteiger charge is -2.30.